The molecule has 0 fully saturated rings. The van der Waals surface area contributed by atoms with Crippen molar-refractivity contribution < 1.29 is 0 Å². The number of nitrogens with zero attached hydrogens (tertiary/aromatic N) is 2. The Morgan fingerprint density at radius 2 is 1.93 bits per heavy atom. The van der Waals surface area contributed by atoms with Crippen LogP contribution in [0.2, 0.25) is 0 Å². The van der Waals surface area contributed by atoms with Gasteiger partial charge in [0, 0.05) is 11.9 Å². The van der Waals surface area contributed by atoms with Gasteiger partial charge in [-0.15, -0.1) is 0 Å². The fourth-order valence-corrected chi connectivity index (χ4v) is 1.15. The first-order valence-corrected chi connectivity index (χ1v) is 4.44. The van der Waals surface area contributed by atoms with Gasteiger partial charge in [0.25, 0.3) is 0 Å². The Bertz CT molecular complexity index is 395. The second-order valence-electron chi connectivity index (χ2n) is 3.05. The lowest BCUT2D eigenvalue weighted by molar-refractivity contribution is 1.20. The van der Waals surface area contributed by atoms with Gasteiger partial charge in [-0.05, 0) is 31.2 Å². The van der Waals surface area contributed by atoms with Crippen LogP contribution in [-0.4, -0.2) is 9.97 Å². The molecule has 0 bridgehead atoms. The van der Waals surface area contributed by atoms with Gasteiger partial charge in [-0.25, -0.2) is 0 Å². The summed E-state index contributed by atoms with van der Waals surface area (Å²) >= 11 is 0. The molecule has 0 amide bonds. The van der Waals surface area contributed by atoms with Crippen LogP contribution in [-0.2, 0) is 0 Å². The minimum absolute atomic E-state index is 0.971. The highest BCUT2D eigenvalue weighted by molar-refractivity contribution is 5.57. The van der Waals surface area contributed by atoms with Crippen LogP contribution in [0.3, 0.4) is 0 Å². The van der Waals surface area contributed by atoms with Crippen LogP contribution in [0.15, 0.2) is 42.9 Å². The lowest BCUT2D eigenvalue weighted by Gasteiger charge is -2.04. The van der Waals surface area contributed by atoms with Gasteiger partial charge in [0.05, 0.1) is 23.8 Å². The first-order chi connectivity index (χ1) is 6.84. The molecular formula is C11H11N3. The Labute approximate surface area is 82.8 Å². The van der Waals surface area contributed by atoms with Crippen LogP contribution >= 0.6 is 0 Å². The van der Waals surface area contributed by atoms with Crippen molar-refractivity contribution in [3.63, 3.8) is 0 Å². The van der Waals surface area contributed by atoms with Gasteiger partial charge >= 0.3 is 0 Å². The van der Waals surface area contributed by atoms with Gasteiger partial charge in [0.2, 0.25) is 0 Å². The quantitative estimate of drug-likeness (QED) is 0.781. The monoisotopic (exact) mass is 185 g/mol. The zero-order valence-electron chi connectivity index (χ0n) is 7.94. The third-order valence-corrected chi connectivity index (χ3v) is 1.86. The number of nitrogens with one attached hydrogen (secondary N) is 1. The summed E-state index contributed by atoms with van der Waals surface area (Å²) in [6.45, 7) is 1.97. The molecule has 0 aliphatic carbocycles. The van der Waals surface area contributed by atoms with E-state index in [1.807, 2.05) is 37.4 Å². The van der Waals surface area contributed by atoms with Gasteiger partial charge in [-0.1, -0.05) is 0 Å². The van der Waals surface area contributed by atoms with E-state index in [-0.39, 0.29) is 0 Å². The van der Waals surface area contributed by atoms with Gasteiger partial charge in [-0.3, -0.25) is 9.97 Å². The smallest absolute Gasteiger partial charge is 0.0571 e. The highest BCUT2D eigenvalue weighted by Gasteiger charge is 1.93. The van der Waals surface area contributed by atoms with Crippen molar-refractivity contribution in [3.8, 4) is 0 Å². The molecule has 0 aromatic carbocycles. The van der Waals surface area contributed by atoms with Gasteiger partial charge in [0.15, 0.2) is 0 Å². The summed E-state index contributed by atoms with van der Waals surface area (Å²) in [6, 6.07) is 7.82. The van der Waals surface area contributed by atoms with Crippen LogP contribution in [0, 0.1) is 6.92 Å². The average Bonchev–Trinajstić information content (AvgIpc) is 2.23. The molecule has 0 saturated carbocycles. The minimum atomic E-state index is 0.971. The number of pyridine rings is 2. The Kier molecular flexibility index (Phi) is 2.40. The molecule has 1 N–H and O–H groups in total. The molecule has 0 unspecified atom stereocenters. The predicted molar refractivity (Wildman–Crippen MR) is 56.5 cm³/mol. The van der Waals surface area contributed by atoms with Crippen molar-refractivity contribution in [2.75, 3.05) is 5.32 Å². The summed E-state index contributed by atoms with van der Waals surface area (Å²) in [5.74, 6) is 0. The van der Waals surface area contributed by atoms with E-state index in [9.17, 15) is 0 Å². The standard InChI is InChI=1S/C11H11N3/c1-9-4-5-11(8-13-9)14-10-3-2-6-12-7-10/h2-8,14H,1H3. The number of rotatable bonds is 2. The second kappa shape index (κ2) is 3.87. The van der Waals surface area contributed by atoms with Gasteiger partial charge in [-0.2, -0.15) is 0 Å². The fraction of sp³-hybridized carbons (Fsp3) is 0.0909. The zero-order chi connectivity index (χ0) is 9.80. The number of aromatic nitrogens is 2. The van der Waals surface area contributed by atoms with Crippen molar-refractivity contribution in [1.29, 1.82) is 0 Å². The maximum absolute atomic E-state index is 4.19. The topological polar surface area (TPSA) is 37.8 Å². The molecule has 3 heteroatoms. The van der Waals surface area contributed by atoms with E-state index in [0.717, 1.165) is 17.1 Å². The molecule has 0 aliphatic rings. The fourth-order valence-electron chi connectivity index (χ4n) is 1.15. The number of hydrogen-bond donors (Lipinski definition) is 1. The highest BCUT2D eigenvalue weighted by Crippen LogP contribution is 2.13. The van der Waals surface area contributed by atoms with Crippen molar-refractivity contribution >= 4 is 11.4 Å². The first kappa shape index (κ1) is 8.69. The summed E-state index contributed by atoms with van der Waals surface area (Å²) in [4.78, 5) is 8.21. The molecule has 2 heterocycles. The third kappa shape index (κ3) is 2.07. The number of hydrogen-bond acceptors (Lipinski definition) is 3. The van der Waals surface area contributed by atoms with Crippen molar-refractivity contribution in [2.45, 2.75) is 6.92 Å². The van der Waals surface area contributed by atoms with Crippen molar-refractivity contribution in [1.82, 2.24) is 9.97 Å². The molecular weight excluding hydrogens is 174 g/mol. The third-order valence-electron chi connectivity index (χ3n) is 1.86. The first-order valence-electron chi connectivity index (χ1n) is 4.44. The normalized spacial score (nSPS) is 9.79. The van der Waals surface area contributed by atoms with Crippen LogP contribution in [0.5, 0.6) is 0 Å². The average molecular weight is 185 g/mol. The lowest BCUT2D eigenvalue weighted by Crippen LogP contribution is -1.91. The molecule has 14 heavy (non-hydrogen) atoms. The molecule has 0 saturated heterocycles. The molecule has 0 atom stereocenters. The molecule has 0 spiro atoms. The van der Waals surface area contributed by atoms with Gasteiger partial charge in [0.1, 0.15) is 0 Å². The lowest BCUT2D eigenvalue weighted by atomic mass is 10.3. The minimum Gasteiger partial charge on any atom is -0.353 e. The maximum Gasteiger partial charge on any atom is 0.0571 e. The number of anilines is 2. The van der Waals surface area contributed by atoms with E-state index in [1.54, 1.807) is 12.4 Å². The van der Waals surface area contributed by atoms with Crippen LogP contribution in [0.25, 0.3) is 0 Å². The van der Waals surface area contributed by atoms with Gasteiger partial charge < -0.3 is 5.32 Å². The molecule has 2 rings (SSSR count). The zero-order valence-corrected chi connectivity index (χ0v) is 7.94. The Morgan fingerprint density at radius 3 is 2.57 bits per heavy atom. The van der Waals surface area contributed by atoms with E-state index in [2.05, 4.69) is 15.3 Å². The van der Waals surface area contributed by atoms with E-state index < -0.39 is 0 Å². The largest absolute Gasteiger partial charge is 0.353 e. The van der Waals surface area contributed by atoms with Crippen LogP contribution in [0.4, 0.5) is 11.4 Å². The second-order valence-corrected chi connectivity index (χ2v) is 3.05. The van der Waals surface area contributed by atoms with Crippen LogP contribution in [0.1, 0.15) is 5.69 Å². The Morgan fingerprint density at radius 1 is 1.07 bits per heavy atom. The number of aryl methyl sites for hydroxylation is 1. The Balaban J connectivity index is 2.16. The maximum atomic E-state index is 4.19. The summed E-state index contributed by atoms with van der Waals surface area (Å²) in [6.07, 6.45) is 5.33. The van der Waals surface area contributed by atoms with E-state index in [4.69, 9.17) is 0 Å². The highest BCUT2D eigenvalue weighted by atomic mass is 14.9. The Hall–Kier alpha value is -1.90. The summed E-state index contributed by atoms with van der Waals surface area (Å²) < 4.78 is 0. The molecule has 2 aromatic rings. The van der Waals surface area contributed by atoms with Crippen molar-refractivity contribution in [2.24, 2.45) is 0 Å². The summed E-state index contributed by atoms with van der Waals surface area (Å²) in [5.41, 5.74) is 2.96. The molecule has 3 nitrogen and oxygen atoms in total. The van der Waals surface area contributed by atoms with Crippen LogP contribution < -0.4 is 5.32 Å². The molecule has 0 radical (unpaired) electrons. The van der Waals surface area contributed by atoms with E-state index >= 15 is 0 Å². The molecule has 70 valence electrons. The predicted octanol–water partition coefficient (Wildman–Crippen LogP) is 2.53. The van der Waals surface area contributed by atoms with E-state index in [0.29, 0.717) is 0 Å². The molecule has 0 aliphatic heterocycles. The SMILES string of the molecule is Cc1ccc(Nc2cccnc2)cn1. The summed E-state index contributed by atoms with van der Waals surface area (Å²) in [5, 5.41) is 3.21. The molecule has 2 aromatic heterocycles. The summed E-state index contributed by atoms with van der Waals surface area (Å²) in [7, 11) is 0. The van der Waals surface area contributed by atoms with Crippen molar-refractivity contribution in [3.05, 3.63) is 48.5 Å². The van der Waals surface area contributed by atoms with E-state index in [1.165, 1.54) is 0 Å².